The highest BCUT2D eigenvalue weighted by Crippen LogP contribution is 2.25. The molecule has 0 fully saturated rings. The van der Waals surface area contributed by atoms with Crippen LogP contribution in [0.2, 0.25) is 0 Å². The lowest BCUT2D eigenvalue weighted by atomic mass is 9.98. The minimum atomic E-state index is 0.0127. The number of hydrogen-bond donors (Lipinski definition) is 2. The molecule has 1 aromatic heterocycles. The van der Waals surface area contributed by atoms with Gasteiger partial charge in [0.15, 0.2) is 5.78 Å². The molecule has 0 atom stereocenters. The Hall–Kier alpha value is -3.07. The minimum Gasteiger partial charge on any atom is -0.379 e. The maximum absolute atomic E-state index is 12.8. The van der Waals surface area contributed by atoms with Crippen LogP contribution in [0.15, 0.2) is 72.8 Å². The van der Waals surface area contributed by atoms with Gasteiger partial charge < -0.3 is 10.3 Å². The van der Waals surface area contributed by atoms with Crippen LogP contribution in [0.5, 0.6) is 0 Å². The van der Waals surface area contributed by atoms with E-state index in [1.54, 1.807) is 6.08 Å². The standard InChI is InChI=1S/C24H24N2O/c27-24(19-11-5-2-6-12-19)16-22(25-17-18-9-3-1-4-10-18)23-15-20-13-7-8-14-21(20)26-23/h1-6,9-12,15-16,25-26H,7-8,13-14,17H2/b22-16+. The summed E-state index contributed by atoms with van der Waals surface area (Å²) in [5.74, 6) is 0.0127. The molecule has 0 bridgehead atoms. The normalized spacial score (nSPS) is 13.9. The lowest BCUT2D eigenvalue weighted by Gasteiger charge is -2.11. The number of ketones is 1. The van der Waals surface area contributed by atoms with E-state index < -0.39 is 0 Å². The average molecular weight is 356 g/mol. The van der Waals surface area contributed by atoms with Gasteiger partial charge in [0, 0.05) is 23.9 Å². The molecule has 2 aromatic carbocycles. The smallest absolute Gasteiger partial charge is 0.187 e. The summed E-state index contributed by atoms with van der Waals surface area (Å²) >= 11 is 0. The van der Waals surface area contributed by atoms with Crippen LogP contribution in [-0.2, 0) is 19.4 Å². The topological polar surface area (TPSA) is 44.9 Å². The second-order valence-corrected chi connectivity index (χ2v) is 7.02. The van der Waals surface area contributed by atoms with Gasteiger partial charge in [-0.1, -0.05) is 60.7 Å². The fourth-order valence-corrected chi connectivity index (χ4v) is 3.58. The highest BCUT2D eigenvalue weighted by Gasteiger charge is 2.15. The van der Waals surface area contributed by atoms with E-state index in [1.807, 2.05) is 48.5 Å². The van der Waals surface area contributed by atoms with Gasteiger partial charge in [-0.2, -0.15) is 0 Å². The summed E-state index contributed by atoms with van der Waals surface area (Å²) in [6.45, 7) is 0.679. The SMILES string of the molecule is O=C(/C=C(/NCc1ccccc1)c1cc2c([nH]1)CCCC2)c1ccccc1. The fraction of sp³-hybridized carbons (Fsp3) is 0.208. The number of aryl methyl sites for hydroxylation is 2. The number of aromatic amines is 1. The van der Waals surface area contributed by atoms with Crippen molar-refractivity contribution in [2.24, 2.45) is 0 Å². The monoisotopic (exact) mass is 356 g/mol. The first-order valence-corrected chi connectivity index (χ1v) is 9.59. The number of H-pyrrole nitrogens is 1. The Morgan fingerprint density at radius 1 is 0.963 bits per heavy atom. The molecule has 3 nitrogen and oxygen atoms in total. The Balaban J connectivity index is 1.63. The first kappa shape index (κ1) is 17.3. The minimum absolute atomic E-state index is 0.0127. The average Bonchev–Trinajstić information content (AvgIpc) is 3.16. The molecule has 0 aliphatic heterocycles. The second kappa shape index (κ2) is 8.09. The molecule has 0 saturated heterocycles. The third-order valence-electron chi connectivity index (χ3n) is 5.06. The summed E-state index contributed by atoms with van der Waals surface area (Å²) < 4.78 is 0. The molecule has 1 aliphatic rings. The van der Waals surface area contributed by atoms with Crippen LogP contribution in [-0.4, -0.2) is 10.8 Å². The molecule has 27 heavy (non-hydrogen) atoms. The predicted octanol–water partition coefficient (Wildman–Crippen LogP) is 4.91. The molecular weight excluding hydrogens is 332 g/mol. The lowest BCUT2D eigenvalue weighted by molar-refractivity contribution is 0.104. The fourth-order valence-electron chi connectivity index (χ4n) is 3.58. The molecule has 1 aliphatic carbocycles. The summed E-state index contributed by atoms with van der Waals surface area (Å²) in [7, 11) is 0. The Morgan fingerprint density at radius 3 is 2.41 bits per heavy atom. The molecule has 3 heteroatoms. The van der Waals surface area contributed by atoms with Crippen LogP contribution in [0.1, 0.15) is 45.7 Å². The summed E-state index contributed by atoms with van der Waals surface area (Å²) in [5, 5.41) is 3.47. The van der Waals surface area contributed by atoms with E-state index in [0.29, 0.717) is 12.1 Å². The van der Waals surface area contributed by atoms with E-state index >= 15 is 0 Å². The van der Waals surface area contributed by atoms with Gasteiger partial charge in [-0.15, -0.1) is 0 Å². The summed E-state index contributed by atoms with van der Waals surface area (Å²) in [4.78, 5) is 16.3. The Bertz CT molecular complexity index is 916. The zero-order chi connectivity index (χ0) is 18.5. The van der Waals surface area contributed by atoms with Crippen LogP contribution in [0.4, 0.5) is 0 Å². The molecular formula is C24H24N2O. The van der Waals surface area contributed by atoms with Crippen LogP contribution < -0.4 is 5.32 Å². The van der Waals surface area contributed by atoms with Crippen molar-refractivity contribution in [2.75, 3.05) is 0 Å². The number of carbonyl (C=O) groups excluding carboxylic acids is 1. The van der Waals surface area contributed by atoms with Gasteiger partial charge in [0.25, 0.3) is 0 Å². The Morgan fingerprint density at radius 2 is 1.67 bits per heavy atom. The molecule has 1 heterocycles. The third-order valence-corrected chi connectivity index (χ3v) is 5.06. The van der Waals surface area contributed by atoms with Crippen LogP contribution in [0.25, 0.3) is 5.70 Å². The van der Waals surface area contributed by atoms with Crippen molar-refractivity contribution in [2.45, 2.75) is 32.2 Å². The number of carbonyl (C=O) groups is 1. The highest BCUT2D eigenvalue weighted by atomic mass is 16.1. The lowest BCUT2D eigenvalue weighted by Crippen LogP contribution is -2.14. The van der Waals surface area contributed by atoms with Crippen molar-refractivity contribution < 1.29 is 4.79 Å². The predicted molar refractivity (Wildman–Crippen MR) is 109 cm³/mol. The van der Waals surface area contributed by atoms with Gasteiger partial charge in [-0.25, -0.2) is 0 Å². The first-order valence-electron chi connectivity index (χ1n) is 9.59. The Labute approximate surface area is 160 Å². The van der Waals surface area contributed by atoms with Crippen molar-refractivity contribution >= 4 is 11.5 Å². The zero-order valence-corrected chi connectivity index (χ0v) is 15.4. The Kier molecular flexibility index (Phi) is 5.20. The number of fused-ring (bicyclic) bond motifs is 1. The van der Waals surface area contributed by atoms with Gasteiger partial charge in [-0.05, 0) is 42.9 Å². The van der Waals surface area contributed by atoms with E-state index in [2.05, 4.69) is 28.5 Å². The summed E-state index contributed by atoms with van der Waals surface area (Å²) in [5.41, 5.74) is 6.44. The van der Waals surface area contributed by atoms with Crippen molar-refractivity contribution in [1.82, 2.24) is 10.3 Å². The van der Waals surface area contributed by atoms with E-state index in [-0.39, 0.29) is 5.78 Å². The van der Waals surface area contributed by atoms with Gasteiger partial charge in [0.1, 0.15) is 0 Å². The zero-order valence-electron chi connectivity index (χ0n) is 15.4. The summed E-state index contributed by atoms with van der Waals surface area (Å²) in [6, 6.07) is 21.9. The van der Waals surface area contributed by atoms with Crippen LogP contribution in [0.3, 0.4) is 0 Å². The quantitative estimate of drug-likeness (QED) is 0.487. The van der Waals surface area contributed by atoms with Crippen molar-refractivity contribution in [3.63, 3.8) is 0 Å². The van der Waals surface area contributed by atoms with E-state index in [0.717, 1.165) is 24.2 Å². The maximum Gasteiger partial charge on any atom is 0.187 e. The van der Waals surface area contributed by atoms with E-state index in [9.17, 15) is 4.79 Å². The van der Waals surface area contributed by atoms with Crippen molar-refractivity contribution in [3.8, 4) is 0 Å². The van der Waals surface area contributed by atoms with Gasteiger partial charge in [-0.3, -0.25) is 4.79 Å². The molecule has 2 N–H and O–H groups in total. The largest absolute Gasteiger partial charge is 0.379 e. The van der Waals surface area contributed by atoms with Crippen LogP contribution in [0, 0.1) is 0 Å². The van der Waals surface area contributed by atoms with Crippen LogP contribution >= 0.6 is 0 Å². The number of nitrogens with one attached hydrogen (secondary N) is 2. The maximum atomic E-state index is 12.8. The van der Waals surface area contributed by atoms with Gasteiger partial charge >= 0.3 is 0 Å². The highest BCUT2D eigenvalue weighted by molar-refractivity contribution is 6.08. The van der Waals surface area contributed by atoms with E-state index in [1.165, 1.54) is 29.7 Å². The molecule has 3 aromatic rings. The number of aromatic nitrogens is 1. The van der Waals surface area contributed by atoms with Crippen molar-refractivity contribution in [3.05, 3.63) is 101 Å². The van der Waals surface area contributed by atoms with Gasteiger partial charge in [0.05, 0.1) is 11.4 Å². The molecule has 0 amide bonds. The summed E-state index contributed by atoms with van der Waals surface area (Å²) in [6.07, 6.45) is 6.39. The number of rotatable bonds is 6. The number of allylic oxidation sites excluding steroid dienone is 1. The van der Waals surface area contributed by atoms with E-state index in [4.69, 9.17) is 0 Å². The second-order valence-electron chi connectivity index (χ2n) is 7.02. The molecule has 0 radical (unpaired) electrons. The number of hydrogen-bond acceptors (Lipinski definition) is 2. The van der Waals surface area contributed by atoms with Gasteiger partial charge in [0.2, 0.25) is 0 Å². The molecule has 4 rings (SSSR count). The molecule has 136 valence electrons. The van der Waals surface area contributed by atoms with Crippen molar-refractivity contribution in [1.29, 1.82) is 0 Å². The number of benzene rings is 2. The molecule has 0 unspecified atom stereocenters. The molecule has 0 spiro atoms. The first-order chi connectivity index (χ1) is 13.3. The third kappa shape index (κ3) is 4.20. The molecule has 0 saturated carbocycles.